The summed E-state index contributed by atoms with van der Waals surface area (Å²) in [5.41, 5.74) is 7.80. The van der Waals surface area contributed by atoms with E-state index in [1.165, 1.54) is 0 Å². The molecular weight excluding hydrogens is 168 g/mol. The van der Waals surface area contributed by atoms with Crippen molar-refractivity contribution >= 4 is 11.8 Å². The molecule has 0 fully saturated rings. The molecule has 1 aromatic heterocycles. The summed E-state index contributed by atoms with van der Waals surface area (Å²) in [6.07, 6.45) is 3.94. The predicted molar refractivity (Wildman–Crippen MR) is 48.8 cm³/mol. The Morgan fingerprint density at radius 1 is 1.38 bits per heavy atom. The minimum atomic E-state index is -0.920. The third kappa shape index (κ3) is 1.18. The fourth-order valence-electron chi connectivity index (χ4n) is 1.95. The van der Waals surface area contributed by atoms with E-state index in [-0.39, 0.29) is 5.56 Å². The molecule has 1 aliphatic rings. The average Bonchev–Trinajstić information content (AvgIpc) is 2.39. The second-order valence-corrected chi connectivity index (χ2v) is 3.38. The number of aromatic carboxylic acids is 1. The number of hydrogen-bond acceptors (Lipinski definition) is 2. The number of nitrogens with one attached hydrogen (secondary N) is 1. The number of nitrogen functional groups attached to an aromatic ring is 1. The Bertz CT molecular complexity index is 355. The lowest BCUT2D eigenvalue weighted by Crippen LogP contribution is -2.06. The van der Waals surface area contributed by atoms with E-state index in [1.807, 2.05) is 0 Å². The van der Waals surface area contributed by atoms with E-state index in [4.69, 9.17) is 10.8 Å². The van der Waals surface area contributed by atoms with Gasteiger partial charge in [0.05, 0.1) is 0 Å². The van der Waals surface area contributed by atoms with Crippen molar-refractivity contribution in [3.05, 3.63) is 16.8 Å². The first-order chi connectivity index (χ1) is 6.20. The van der Waals surface area contributed by atoms with E-state index in [9.17, 15) is 4.79 Å². The molecule has 0 saturated heterocycles. The molecule has 0 aromatic carbocycles. The number of H-pyrrole nitrogens is 1. The molecule has 0 saturated carbocycles. The van der Waals surface area contributed by atoms with Crippen LogP contribution in [-0.2, 0) is 12.8 Å². The highest BCUT2D eigenvalue weighted by Gasteiger charge is 2.22. The Hall–Kier alpha value is -1.45. The van der Waals surface area contributed by atoms with Crippen LogP contribution in [0.1, 0.15) is 34.5 Å². The fourth-order valence-corrected chi connectivity index (χ4v) is 1.95. The highest BCUT2D eigenvalue weighted by atomic mass is 16.4. The molecule has 0 radical (unpaired) electrons. The minimum Gasteiger partial charge on any atom is -0.478 e. The zero-order valence-electron chi connectivity index (χ0n) is 7.26. The first-order valence-corrected chi connectivity index (χ1v) is 4.42. The molecule has 0 spiro atoms. The Morgan fingerprint density at radius 3 is 2.77 bits per heavy atom. The second kappa shape index (κ2) is 2.80. The van der Waals surface area contributed by atoms with Crippen LogP contribution in [0.15, 0.2) is 0 Å². The number of carboxylic acid groups (broad SMARTS) is 1. The van der Waals surface area contributed by atoms with Gasteiger partial charge in [-0.1, -0.05) is 0 Å². The normalized spacial score (nSPS) is 15.4. The Morgan fingerprint density at radius 2 is 2.08 bits per heavy atom. The number of aryl methyl sites for hydroxylation is 1. The van der Waals surface area contributed by atoms with Gasteiger partial charge >= 0.3 is 5.97 Å². The van der Waals surface area contributed by atoms with Crippen LogP contribution in [0.4, 0.5) is 5.82 Å². The number of nitrogens with two attached hydrogens (primary N) is 1. The van der Waals surface area contributed by atoms with E-state index in [0.29, 0.717) is 5.82 Å². The Kier molecular flexibility index (Phi) is 1.76. The highest BCUT2D eigenvalue weighted by molar-refractivity contribution is 5.95. The quantitative estimate of drug-likeness (QED) is 0.607. The molecule has 2 rings (SSSR count). The van der Waals surface area contributed by atoms with Crippen molar-refractivity contribution in [1.29, 1.82) is 0 Å². The molecular formula is C9H12N2O2. The summed E-state index contributed by atoms with van der Waals surface area (Å²) in [4.78, 5) is 13.8. The number of hydrogen-bond donors (Lipinski definition) is 3. The van der Waals surface area contributed by atoms with Crippen molar-refractivity contribution in [1.82, 2.24) is 4.98 Å². The molecule has 1 aliphatic carbocycles. The molecule has 0 atom stereocenters. The van der Waals surface area contributed by atoms with Gasteiger partial charge in [-0.2, -0.15) is 0 Å². The molecule has 70 valence electrons. The number of aromatic nitrogens is 1. The maximum absolute atomic E-state index is 10.9. The molecule has 1 aromatic rings. The number of carbonyl (C=O) groups is 1. The van der Waals surface area contributed by atoms with Gasteiger partial charge in [-0.05, 0) is 31.2 Å². The van der Waals surface area contributed by atoms with Gasteiger partial charge in [0.1, 0.15) is 11.4 Å². The molecule has 0 aliphatic heterocycles. The first-order valence-electron chi connectivity index (χ1n) is 4.42. The summed E-state index contributed by atoms with van der Waals surface area (Å²) in [7, 11) is 0. The van der Waals surface area contributed by atoms with Gasteiger partial charge in [-0.15, -0.1) is 0 Å². The Labute approximate surface area is 75.8 Å². The second-order valence-electron chi connectivity index (χ2n) is 3.38. The number of fused-ring (bicyclic) bond motifs is 1. The zero-order chi connectivity index (χ0) is 9.42. The lowest BCUT2D eigenvalue weighted by molar-refractivity contribution is 0.0697. The third-order valence-electron chi connectivity index (χ3n) is 2.54. The predicted octanol–water partition coefficient (Wildman–Crippen LogP) is 1.17. The van der Waals surface area contributed by atoms with Crippen LogP contribution in [-0.4, -0.2) is 16.1 Å². The van der Waals surface area contributed by atoms with Crippen molar-refractivity contribution in [2.24, 2.45) is 0 Å². The van der Waals surface area contributed by atoms with E-state index in [1.54, 1.807) is 0 Å². The molecule has 0 amide bonds. The molecule has 4 nitrogen and oxygen atoms in total. The van der Waals surface area contributed by atoms with Crippen LogP contribution >= 0.6 is 0 Å². The zero-order valence-corrected chi connectivity index (χ0v) is 7.26. The van der Waals surface area contributed by atoms with Gasteiger partial charge < -0.3 is 15.8 Å². The number of rotatable bonds is 1. The van der Waals surface area contributed by atoms with Crippen molar-refractivity contribution in [3.63, 3.8) is 0 Å². The van der Waals surface area contributed by atoms with Crippen molar-refractivity contribution in [2.45, 2.75) is 25.7 Å². The lowest BCUT2D eigenvalue weighted by Gasteiger charge is -2.10. The molecule has 1 heterocycles. The summed E-state index contributed by atoms with van der Waals surface area (Å²) in [5.74, 6) is -0.615. The summed E-state index contributed by atoms with van der Waals surface area (Å²) in [5, 5.41) is 8.91. The van der Waals surface area contributed by atoms with Crippen LogP contribution < -0.4 is 5.73 Å². The summed E-state index contributed by atoms with van der Waals surface area (Å²) >= 11 is 0. The SMILES string of the molecule is Nc1[nH]c2c(c1C(=O)O)CCCC2. The van der Waals surface area contributed by atoms with E-state index in [0.717, 1.165) is 36.9 Å². The van der Waals surface area contributed by atoms with E-state index >= 15 is 0 Å². The van der Waals surface area contributed by atoms with Crippen molar-refractivity contribution < 1.29 is 9.90 Å². The van der Waals surface area contributed by atoms with Gasteiger partial charge in [0.2, 0.25) is 0 Å². The first kappa shape index (κ1) is 8.16. The highest BCUT2D eigenvalue weighted by Crippen LogP contribution is 2.28. The van der Waals surface area contributed by atoms with Crippen molar-refractivity contribution in [3.8, 4) is 0 Å². The largest absolute Gasteiger partial charge is 0.478 e. The smallest absolute Gasteiger partial charge is 0.339 e. The van der Waals surface area contributed by atoms with Crippen molar-refractivity contribution in [2.75, 3.05) is 5.73 Å². The van der Waals surface area contributed by atoms with Crippen LogP contribution in [0.3, 0.4) is 0 Å². The summed E-state index contributed by atoms with van der Waals surface area (Å²) in [6, 6.07) is 0. The number of aromatic amines is 1. The molecule has 13 heavy (non-hydrogen) atoms. The molecule has 0 unspecified atom stereocenters. The monoisotopic (exact) mass is 180 g/mol. The standard InChI is InChI=1S/C9H12N2O2/c10-8-7(9(12)13)5-3-1-2-4-6(5)11-8/h11H,1-4,10H2,(H,12,13). The lowest BCUT2D eigenvalue weighted by atomic mass is 9.95. The van der Waals surface area contributed by atoms with Crippen LogP contribution in [0.2, 0.25) is 0 Å². The molecule has 4 N–H and O–H groups in total. The Balaban J connectivity index is 2.54. The van der Waals surface area contributed by atoms with Gasteiger partial charge in [-0.25, -0.2) is 4.79 Å². The third-order valence-corrected chi connectivity index (χ3v) is 2.54. The summed E-state index contributed by atoms with van der Waals surface area (Å²) in [6.45, 7) is 0. The summed E-state index contributed by atoms with van der Waals surface area (Å²) < 4.78 is 0. The van der Waals surface area contributed by atoms with Gasteiger partial charge in [0.25, 0.3) is 0 Å². The topological polar surface area (TPSA) is 79.1 Å². The maximum Gasteiger partial charge on any atom is 0.339 e. The van der Waals surface area contributed by atoms with Crippen LogP contribution in [0.25, 0.3) is 0 Å². The number of anilines is 1. The average molecular weight is 180 g/mol. The van der Waals surface area contributed by atoms with E-state index < -0.39 is 5.97 Å². The minimum absolute atomic E-state index is 0.287. The van der Waals surface area contributed by atoms with Gasteiger partial charge in [0.15, 0.2) is 0 Å². The van der Waals surface area contributed by atoms with E-state index in [2.05, 4.69) is 4.98 Å². The van der Waals surface area contributed by atoms with Crippen LogP contribution in [0, 0.1) is 0 Å². The fraction of sp³-hybridized carbons (Fsp3) is 0.444. The van der Waals surface area contributed by atoms with Gasteiger partial charge in [-0.3, -0.25) is 0 Å². The molecule has 0 bridgehead atoms. The molecule has 4 heteroatoms. The maximum atomic E-state index is 10.9. The van der Waals surface area contributed by atoms with Crippen LogP contribution in [0.5, 0.6) is 0 Å². The van der Waals surface area contributed by atoms with Gasteiger partial charge in [0, 0.05) is 5.69 Å². The number of carboxylic acids is 1.